The standard InChI is InChI=1S/C14H11FN4OS2.C2H6/c1-7-3-4-10(12-11(7)9(5-16)6-17-12)19-22(20)14-13(15)18-8(2)21-14;1-2/h3-4,6,17,19H,1-2H3;1-2H3. The molecule has 1 unspecified atom stereocenters. The molecule has 0 amide bonds. The van der Waals surface area contributed by atoms with E-state index in [0.717, 1.165) is 22.3 Å². The third kappa shape index (κ3) is 3.32. The Morgan fingerprint density at radius 3 is 2.67 bits per heavy atom. The predicted molar refractivity (Wildman–Crippen MR) is 95.9 cm³/mol. The highest BCUT2D eigenvalue weighted by Gasteiger charge is 2.18. The molecule has 0 spiro atoms. The van der Waals surface area contributed by atoms with Gasteiger partial charge in [-0.25, -0.2) is 9.19 Å². The minimum absolute atomic E-state index is 0.0540. The molecule has 0 saturated carbocycles. The fourth-order valence-corrected chi connectivity index (χ4v) is 4.21. The Labute approximate surface area is 146 Å². The Bertz CT molecular complexity index is 940. The summed E-state index contributed by atoms with van der Waals surface area (Å²) in [7, 11) is -1.75. The van der Waals surface area contributed by atoms with Crippen LogP contribution in [-0.2, 0) is 11.0 Å². The van der Waals surface area contributed by atoms with Gasteiger partial charge in [0, 0.05) is 11.6 Å². The van der Waals surface area contributed by atoms with E-state index in [0.29, 0.717) is 21.8 Å². The summed E-state index contributed by atoms with van der Waals surface area (Å²) in [5, 5.41) is 10.4. The van der Waals surface area contributed by atoms with E-state index in [1.54, 1.807) is 19.2 Å². The Hall–Kier alpha value is -2.24. The largest absolute Gasteiger partial charge is 0.358 e. The van der Waals surface area contributed by atoms with Crippen molar-refractivity contribution in [3.05, 3.63) is 40.4 Å². The number of hydrogen-bond donors (Lipinski definition) is 2. The van der Waals surface area contributed by atoms with Crippen LogP contribution in [0, 0.1) is 31.1 Å². The van der Waals surface area contributed by atoms with Crippen molar-refractivity contribution in [1.82, 2.24) is 9.97 Å². The van der Waals surface area contributed by atoms with E-state index < -0.39 is 16.9 Å². The first kappa shape index (κ1) is 18.1. The summed E-state index contributed by atoms with van der Waals surface area (Å²) in [5.74, 6) is -0.721. The Kier molecular flexibility index (Phi) is 5.70. The molecule has 8 heteroatoms. The zero-order chi connectivity index (χ0) is 17.9. The number of rotatable bonds is 3. The van der Waals surface area contributed by atoms with Gasteiger partial charge in [-0.3, -0.25) is 4.72 Å². The van der Waals surface area contributed by atoms with Gasteiger partial charge in [0.2, 0.25) is 5.95 Å². The third-order valence-corrected chi connectivity index (χ3v) is 5.55. The van der Waals surface area contributed by atoms with Gasteiger partial charge < -0.3 is 4.98 Å². The molecule has 3 aromatic rings. The van der Waals surface area contributed by atoms with Gasteiger partial charge in [0.1, 0.15) is 6.07 Å². The first-order valence-electron chi connectivity index (χ1n) is 7.33. The van der Waals surface area contributed by atoms with Gasteiger partial charge in [0.25, 0.3) is 0 Å². The molecule has 0 aliphatic heterocycles. The molecule has 0 bridgehead atoms. The minimum Gasteiger partial charge on any atom is -0.358 e. The molecular weight excluding hydrogens is 347 g/mol. The molecule has 2 N–H and O–H groups in total. The smallest absolute Gasteiger partial charge is 0.242 e. The molecule has 2 aromatic heterocycles. The summed E-state index contributed by atoms with van der Waals surface area (Å²) >= 11 is 1.05. The van der Waals surface area contributed by atoms with Crippen molar-refractivity contribution in [2.45, 2.75) is 31.9 Å². The highest BCUT2D eigenvalue weighted by Crippen LogP contribution is 2.30. The normalized spacial score (nSPS) is 11.5. The molecule has 1 aromatic carbocycles. The highest BCUT2D eigenvalue weighted by molar-refractivity contribution is 7.88. The zero-order valence-electron chi connectivity index (χ0n) is 13.7. The number of anilines is 1. The molecule has 1 atom stereocenters. The minimum atomic E-state index is -1.75. The topological polar surface area (TPSA) is 81.6 Å². The lowest BCUT2D eigenvalue weighted by atomic mass is 10.1. The van der Waals surface area contributed by atoms with E-state index in [1.165, 1.54) is 0 Å². The number of thiazole rings is 1. The van der Waals surface area contributed by atoms with Crippen LogP contribution in [0.5, 0.6) is 0 Å². The van der Waals surface area contributed by atoms with Crippen LogP contribution < -0.4 is 4.72 Å². The summed E-state index contributed by atoms with van der Waals surface area (Å²) in [6.45, 7) is 7.55. The number of fused-ring (bicyclic) bond motifs is 1. The zero-order valence-corrected chi connectivity index (χ0v) is 15.4. The summed E-state index contributed by atoms with van der Waals surface area (Å²) in [6.07, 6.45) is 1.60. The first-order chi connectivity index (χ1) is 11.5. The molecule has 2 heterocycles. The molecule has 3 rings (SSSR count). The Morgan fingerprint density at radius 1 is 1.38 bits per heavy atom. The van der Waals surface area contributed by atoms with Crippen molar-refractivity contribution >= 4 is 38.9 Å². The quantitative estimate of drug-likeness (QED) is 0.722. The maximum absolute atomic E-state index is 13.6. The van der Waals surface area contributed by atoms with Crippen LogP contribution in [0.25, 0.3) is 10.9 Å². The lowest BCUT2D eigenvalue weighted by Crippen LogP contribution is -2.05. The number of aromatic amines is 1. The number of halogens is 1. The monoisotopic (exact) mass is 364 g/mol. The van der Waals surface area contributed by atoms with Crippen LogP contribution in [0.1, 0.15) is 30.0 Å². The lowest BCUT2D eigenvalue weighted by molar-refractivity contribution is 0.565. The van der Waals surface area contributed by atoms with Gasteiger partial charge in [-0.05, 0) is 25.5 Å². The van der Waals surface area contributed by atoms with Crippen LogP contribution in [-0.4, -0.2) is 14.2 Å². The van der Waals surface area contributed by atoms with E-state index in [9.17, 15) is 8.60 Å². The lowest BCUT2D eigenvalue weighted by Gasteiger charge is -2.07. The van der Waals surface area contributed by atoms with Crippen molar-refractivity contribution in [1.29, 1.82) is 5.26 Å². The van der Waals surface area contributed by atoms with Crippen molar-refractivity contribution < 1.29 is 8.60 Å². The number of aromatic nitrogens is 2. The molecule has 24 heavy (non-hydrogen) atoms. The second-order valence-electron chi connectivity index (χ2n) is 4.68. The van der Waals surface area contributed by atoms with Crippen molar-refractivity contribution in [3.63, 3.8) is 0 Å². The maximum Gasteiger partial charge on any atom is 0.242 e. The highest BCUT2D eigenvalue weighted by atomic mass is 32.2. The van der Waals surface area contributed by atoms with Crippen molar-refractivity contribution in [2.24, 2.45) is 0 Å². The molecular formula is C16H17FN4OS2. The summed E-state index contributed by atoms with van der Waals surface area (Å²) in [4.78, 5) is 6.64. The predicted octanol–water partition coefficient (Wildman–Crippen LogP) is 4.41. The van der Waals surface area contributed by atoms with Gasteiger partial charge in [-0.1, -0.05) is 19.9 Å². The number of H-pyrrole nitrogens is 1. The summed E-state index contributed by atoms with van der Waals surface area (Å²) in [6, 6.07) is 5.69. The van der Waals surface area contributed by atoms with Gasteiger partial charge in [0.05, 0.1) is 21.8 Å². The van der Waals surface area contributed by atoms with Gasteiger partial charge in [-0.15, -0.1) is 11.3 Å². The molecule has 0 radical (unpaired) electrons. The number of hydrogen-bond acceptors (Lipinski definition) is 4. The maximum atomic E-state index is 13.6. The second-order valence-corrected chi connectivity index (χ2v) is 7.29. The first-order valence-corrected chi connectivity index (χ1v) is 9.30. The van der Waals surface area contributed by atoms with Gasteiger partial charge in [-0.2, -0.15) is 9.65 Å². The average Bonchev–Trinajstić information content (AvgIpc) is 3.15. The van der Waals surface area contributed by atoms with Gasteiger partial charge >= 0.3 is 0 Å². The molecule has 0 saturated heterocycles. The van der Waals surface area contributed by atoms with E-state index in [-0.39, 0.29) is 4.21 Å². The van der Waals surface area contributed by atoms with Crippen LogP contribution in [0.4, 0.5) is 10.1 Å². The number of benzene rings is 1. The Balaban J connectivity index is 0.00000100. The SMILES string of the molecule is CC.Cc1nc(F)c(S(=O)Nc2ccc(C)c3c(C#N)c[nH]c23)s1. The molecule has 0 aliphatic rings. The number of nitrogens with zero attached hydrogens (tertiary/aromatic N) is 2. The number of nitrogens with one attached hydrogen (secondary N) is 2. The fraction of sp³-hybridized carbons (Fsp3) is 0.250. The van der Waals surface area contributed by atoms with Crippen LogP contribution in [0.2, 0.25) is 0 Å². The molecule has 0 aliphatic carbocycles. The summed E-state index contributed by atoms with van der Waals surface area (Å²) < 4.78 is 28.8. The second kappa shape index (κ2) is 7.55. The molecule has 126 valence electrons. The molecule has 0 fully saturated rings. The van der Waals surface area contributed by atoms with E-state index in [2.05, 4.69) is 20.8 Å². The van der Waals surface area contributed by atoms with Crippen molar-refractivity contribution in [3.8, 4) is 6.07 Å². The van der Waals surface area contributed by atoms with Crippen LogP contribution in [0.15, 0.2) is 22.5 Å². The van der Waals surface area contributed by atoms with E-state index >= 15 is 0 Å². The van der Waals surface area contributed by atoms with E-state index in [4.69, 9.17) is 5.26 Å². The van der Waals surface area contributed by atoms with Crippen LogP contribution in [0.3, 0.4) is 0 Å². The Morgan fingerprint density at radius 2 is 2.08 bits per heavy atom. The van der Waals surface area contributed by atoms with Crippen LogP contribution >= 0.6 is 11.3 Å². The fourth-order valence-electron chi connectivity index (χ4n) is 2.24. The van der Waals surface area contributed by atoms with E-state index in [1.807, 2.05) is 26.8 Å². The average molecular weight is 364 g/mol. The number of aryl methyl sites for hydroxylation is 2. The van der Waals surface area contributed by atoms with Gasteiger partial charge in [0.15, 0.2) is 15.2 Å². The third-order valence-electron chi connectivity index (χ3n) is 3.20. The van der Waals surface area contributed by atoms with Crippen molar-refractivity contribution in [2.75, 3.05) is 4.72 Å². The molecule has 5 nitrogen and oxygen atoms in total. The number of nitriles is 1. The summed E-state index contributed by atoms with van der Waals surface area (Å²) in [5.41, 5.74) is 2.67.